The first-order chi connectivity index (χ1) is 13.2. The van der Waals surface area contributed by atoms with Crippen molar-refractivity contribution in [1.82, 2.24) is 14.8 Å². The van der Waals surface area contributed by atoms with E-state index in [1.807, 2.05) is 47.1 Å². The van der Waals surface area contributed by atoms with Gasteiger partial charge in [0.25, 0.3) is 0 Å². The van der Waals surface area contributed by atoms with Gasteiger partial charge in [-0.15, -0.1) is 0 Å². The number of nitrogens with zero attached hydrogens (tertiary/aromatic N) is 3. The minimum atomic E-state index is -0.811. The van der Waals surface area contributed by atoms with Crippen molar-refractivity contribution in [3.63, 3.8) is 0 Å². The highest BCUT2D eigenvalue weighted by Gasteiger charge is 2.07. The van der Waals surface area contributed by atoms with Crippen LogP contribution in [0.2, 0.25) is 0 Å². The molecule has 2 N–H and O–H groups in total. The largest absolute Gasteiger partial charge is 0.490 e. The standard InChI is InChI=1S/C19H20N4O4/c1-25-18-7-2-14(12-21-18)13-23-17(8-9-22-23)15-3-5-16(6-4-15)26-10-11-27-19(20)24/h2-9,12H,10-11,13H2,1H3,(H2,20,24). The van der Waals surface area contributed by atoms with E-state index in [0.29, 0.717) is 18.2 Å². The highest BCUT2D eigenvalue weighted by atomic mass is 16.6. The maximum absolute atomic E-state index is 10.5. The topological polar surface area (TPSA) is 101 Å². The lowest BCUT2D eigenvalue weighted by molar-refractivity contribution is 0.134. The van der Waals surface area contributed by atoms with Gasteiger partial charge in [-0.25, -0.2) is 9.78 Å². The van der Waals surface area contributed by atoms with E-state index >= 15 is 0 Å². The summed E-state index contributed by atoms with van der Waals surface area (Å²) in [7, 11) is 1.59. The van der Waals surface area contributed by atoms with Crippen LogP contribution in [0.15, 0.2) is 54.9 Å². The van der Waals surface area contributed by atoms with Gasteiger partial charge < -0.3 is 19.9 Å². The zero-order chi connectivity index (χ0) is 19.1. The van der Waals surface area contributed by atoms with Gasteiger partial charge in [0.2, 0.25) is 5.88 Å². The van der Waals surface area contributed by atoms with Gasteiger partial charge in [-0.2, -0.15) is 5.10 Å². The third-order valence-corrected chi connectivity index (χ3v) is 3.80. The number of rotatable bonds is 8. The van der Waals surface area contributed by atoms with E-state index in [2.05, 4.69) is 14.8 Å². The molecule has 2 heterocycles. The number of hydrogen-bond donors (Lipinski definition) is 1. The molecule has 1 amide bonds. The number of carbonyl (C=O) groups is 1. The molecule has 0 aliphatic carbocycles. The molecule has 8 nitrogen and oxygen atoms in total. The number of hydrogen-bond acceptors (Lipinski definition) is 6. The summed E-state index contributed by atoms with van der Waals surface area (Å²) in [5.41, 5.74) is 7.91. The third-order valence-electron chi connectivity index (χ3n) is 3.80. The maximum atomic E-state index is 10.5. The molecule has 0 aliphatic heterocycles. The molecule has 2 aromatic heterocycles. The SMILES string of the molecule is COc1ccc(Cn2nccc2-c2ccc(OCCOC(N)=O)cc2)cn1. The molecule has 0 radical (unpaired) electrons. The quantitative estimate of drug-likeness (QED) is 0.613. The summed E-state index contributed by atoms with van der Waals surface area (Å²) in [6.07, 6.45) is 2.72. The molecule has 0 bridgehead atoms. The van der Waals surface area contributed by atoms with Crippen molar-refractivity contribution in [2.24, 2.45) is 5.73 Å². The monoisotopic (exact) mass is 368 g/mol. The van der Waals surface area contributed by atoms with Gasteiger partial charge in [-0.1, -0.05) is 6.07 Å². The van der Waals surface area contributed by atoms with E-state index in [9.17, 15) is 4.79 Å². The van der Waals surface area contributed by atoms with Crippen LogP contribution in [0.4, 0.5) is 4.79 Å². The van der Waals surface area contributed by atoms with Crippen LogP contribution in [0, 0.1) is 0 Å². The van der Waals surface area contributed by atoms with E-state index in [1.54, 1.807) is 19.5 Å². The lowest BCUT2D eigenvalue weighted by Crippen LogP contribution is -2.17. The minimum Gasteiger partial charge on any atom is -0.490 e. The van der Waals surface area contributed by atoms with Crippen LogP contribution in [-0.2, 0) is 11.3 Å². The first kappa shape index (κ1) is 18.2. The molecule has 3 aromatic rings. The van der Waals surface area contributed by atoms with Crippen LogP contribution in [0.1, 0.15) is 5.56 Å². The molecule has 0 aliphatic rings. The molecule has 0 atom stereocenters. The van der Waals surface area contributed by atoms with Crippen molar-refractivity contribution in [2.75, 3.05) is 20.3 Å². The van der Waals surface area contributed by atoms with E-state index < -0.39 is 6.09 Å². The second-order valence-electron chi connectivity index (χ2n) is 5.62. The van der Waals surface area contributed by atoms with Crippen LogP contribution in [0.5, 0.6) is 11.6 Å². The van der Waals surface area contributed by atoms with Crippen LogP contribution >= 0.6 is 0 Å². The van der Waals surface area contributed by atoms with Crippen molar-refractivity contribution in [2.45, 2.75) is 6.54 Å². The number of carbonyl (C=O) groups excluding carboxylic acids is 1. The van der Waals surface area contributed by atoms with Crippen LogP contribution in [-0.4, -0.2) is 41.2 Å². The molecule has 3 rings (SSSR count). The van der Waals surface area contributed by atoms with Crippen molar-refractivity contribution >= 4 is 6.09 Å². The van der Waals surface area contributed by atoms with E-state index in [4.69, 9.17) is 15.2 Å². The number of nitrogens with two attached hydrogens (primary N) is 1. The molecule has 140 valence electrons. The summed E-state index contributed by atoms with van der Waals surface area (Å²) in [4.78, 5) is 14.7. The predicted octanol–water partition coefficient (Wildman–Crippen LogP) is 2.48. The summed E-state index contributed by atoms with van der Waals surface area (Å²) in [5.74, 6) is 1.26. The van der Waals surface area contributed by atoms with Gasteiger partial charge in [0.1, 0.15) is 19.0 Å². The Morgan fingerprint density at radius 3 is 2.59 bits per heavy atom. The Kier molecular flexibility index (Phi) is 5.88. The van der Waals surface area contributed by atoms with E-state index in [1.165, 1.54) is 0 Å². The summed E-state index contributed by atoms with van der Waals surface area (Å²) in [6.45, 7) is 0.951. The molecule has 0 saturated carbocycles. The van der Waals surface area contributed by atoms with Gasteiger partial charge in [0.05, 0.1) is 19.3 Å². The van der Waals surface area contributed by atoms with Gasteiger partial charge in [-0.3, -0.25) is 4.68 Å². The number of amides is 1. The predicted molar refractivity (Wildman–Crippen MR) is 98.6 cm³/mol. The van der Waals surface area contributed by atoms with Crippen LogP contribution < -0.4 is 15.2 Å². The molecule has 0 fully saturated rings. The second-order valence-corrected chi connectivity index (χ2v) is 5.62. The molecular weight excluding hydrogens is 348 g/mol. The highest BCUT2D eigenvalue weighted by molar-refractivity contribution is 5.64. The maximum Gasteiger partial charge on any atom is 0.404 e. The van der Waals surface area contributed by atoms with Crippen LogP contribution in [0.3, 0.4) is 0 Å². The zero-order valence-electron chi connectivity index (χ0n) is 14.9. The van der Waals surface area contributed by atoms with Crippen molar-refractivity contribution in [3.05, 3.63) is 60.4 Å². The number of aromatic nitrogens is 3. The molecule has 27 heavy (non-hydrogen) atoms. The Morgan fingerprint density at radius 2 is 1.93 bits per heavy atom. The molecular formula is C19H20N4O4. The highest BCUT2D eigenvalue weighted by Crippen LogP contribution is 2.23. The Morgan fingerprint density at radius 1 is 1.11 bits per heavy atom. The van der Waals surface area contributed by atoms with Gasteiger partial charge in [0.15, 0.2) is 0 Å². The number of benzene rings is 1. The molecule has 0 unspecified atom stereocenters. The Hall–Kier alpha value is -3.55. The average Bonchev–Trinajstić information content (AvgIpc) is 3.14. The summed E-state index contributed by atoms with van der Waals surface area (Å²) < 4.78 is 17.1. The van der Waals surface area contributed by atoms with Gasteiger partial charge in [0, 0.05) is 24.0 Å². The fraction of sp³-hybridized carbons (Fsp3) is 0.211. The summed E-state index contributed by atoms with van der Waals surface area (Å²) in [6, 6.07) is 13.3. The number of methoxy groups -OCH3 is 1. The van der Waals surface area contributed by atoms with Crippen LogP contribution in [0.25, 0.3) is 11.3 Å². The molecule has 0 saturated heterocycles. The van der Waals surface area contributed by atoms with Crippen molar-refractivity contribution in [3.8, 4) is 22.9 Å². The Labute approximate surface area is 156 Å². The first-order valence-corrected chi connectivity index (χ1v) is 8.32. The smallest absolute Gasteiger partial charge is 0.404 e. The summed E-state index contributed by atoms with van der Waals surface area (Å²) >= 11 is 0. The third kappa shape index (κ3) is 4.97. The van der Waals surface area contributed by atoms with E-state index in [-0.39, 0.29) is 13.2 Å². The molecule has 0 spiro atoms. The fourth-order valence-electron chi connectivity index (χ4n) is 2.53. The van der Waals surface area contributed by atoms with Crippen molar-refractivity contribution in [1.29, 1.82) is 0 Å². The zero-order valence-corrected chi connectivity index (χ0v) is 14.9. The van der Waals surface area contributed by atoms with Crippen molar-refractivity contribution < 1.29 is 19.0 Å². The molecule has 8 heteroatoms. The number of primary amides is 1. The fourth-order valence-corrected chi connectivity index (χ4v) is 2.53. The number of ether oxygens (including phenoxy) is 3. The Bertz CT molecular complexity index is 875. The van der Waals surface area contributed by atoms with Gasteiger partial charge >= 0.3 is 6.09 Å². The second kappa shape index (κ2) is 8.70. The Balaban J connectivity index is 1.64. The number of pyridine rings is 1. The molecule has 1 aromatic carbocycles. The van der Waals surface area contributed by atoms with E-state index in [0.717, 1.165) is 16.8 Å². The average molecular weight is 368 g/mol. The normalized spacial score (nSPS) is 10.4. The first-order valence-electron chi connectivity index (χ1n) is 8.32. The summed E-state index contributed by atoms with van der Waals surface area (Å²) in [5, 5.41) is 4.40. The minimum absolute atomic E-state index is 0.111. The van der Waals surface area contributed by atoms with Gasteiger partial charge in [-0.05, 0) is 35.9 Å². The lowest BCUT2D eigenvalue weighted by atomic mass is 10.1. The lowest BCUT2D eigenvalue weighted by Gasteiger charge is -2.10.